The minimum atomic E-state index is -4.70. The molecule has 1 radical (unpaired) electrons. The zero-order chi connectivity index (χ0) is 29.0. The Bertz CT molecular complexity index is 1560. The fourth-order valence-electron chi connectivity index (χ4n) is 4.64. The van der Waals surface area contributed by atoms with E-state index in [1.54, 1.807) is 39.0 Å². The molecule has 3 amide bonds. The molecule has 209 valence electrons. The van der Waals surface area contributed by atoms with Crippen LogP contribution in [-0.2, 0) is 11.0 Å². The van der Waals surface area contributed by atoms with Gasteiger partial charge in [-0.15, -0.1) is 5.10 Å². The van der Waals surface area contributed by atoms with E-state index >= 15 is 0 Å². The number of aromatic nitrogens is 4. The van der Waals surface area contributed by atoms with Crippen molar-refractivity contribution in [1.29, 1.82) is 0 Å². The van der Waals surface area contributed by atoms with Gasteiger partial charge in [0.25, 0.3) is 5.91 Å². The summed E-state index contributed by atoms with van der Waals surface area (Å²) in [5.74, 6) is -0.920. The van der Waals surface area contributed by atoms with Crippen LogP contribution in [-0.4, -0.2) is 78.9 Å². The molecule has 3 N–H and O–H groups in total. The first kappa shape index (κ1) is 27.1. The van der Waals surface area contributed by atoms with Crippen molar-refractivity contribution >= 4 is 34.6 Å². The summed E-state index contributed by atoms with van der Waals surface area (Å²) in [7, 11) is 0. The van der Waals surface area contributed by atoms with E-state index in [0.29, 0.717) is 33.9 Å². The van der Waals surface area contributed by atoms with Crippen molar-refractivity contribution in [1.82, 2.24) is 30.2 Å². The number of aromatic amines is 1. The lowest BCUT2D eigenvalue weighted by Crippen LogP contribution is -2.42. The SMILES string of the molecule is CC(C)(C)C(=O)Nc1cc(C(F)(F)F)cnc1[CH]C1C2=C(CN(C(=O)O)C2)CN1C(=O)c1ccc2[nH]nnc2c1. The van der Waals surface area contributed by atoms with Crippen molar-refractivity contribution in [3.05, 3.63) is 64.9 Å². The molecule has 2 aromatic heterocycles. The summed E-state index contributed by atoms with van der Waals surface area (Å²) in [5.41, 5.74) is 0.636. The maximum Gasteiger partial charge on any atom is 0.417 e. The van der Waals surface area contributed by atoms with Gasteiger partial charge in [0, 0.05) is 43.2 Å². The number of pyridine rings is 1. The van der Waals surface area contributed by atoms with Gasteiger partial charge in [0.15, 0.2) is 0 Å². The van der Waals surface area contributed by atoms with Crippen LogP contribution in [0.3, 0.4) is 0 Å². The van der Waals surface area contributed by atoms with Gasteiger partial charge in [-0.2, -0.15) is 13.2 Å². The number of alkyl halides is 3. The second-order valence-corrected chi connectivity index (χ2v) is 10.7. The summed E-state index contributed by atoms with van der Waals surface area (Å²) < 4.78 is 40.6. The molecular formula is C26H25F3N7O4. The molecule has 11 nitrogen and oxygen atoms in total. The normalized spacial score (nSPS) is 17.5. The van der Waals surface area contributed by atoms with Gasteiger partial charge in [0.05, 0.1) is 28.5 Å². The fraction of sp³-hybridized carbons (Fsp3) is 0.346. The number of amides is 3. The highest BCUT2D eigenvalue weighted by atomic mass is 19.4. The summed E-state index contributed by atoms with van der Waals surface area (Å²) in [6, 6.07) is 4.79. The van der Waals surface area contributed by atoms with Crippen LogP contribution in [0.5, 0.6) is 0 Å². The van der Waals surface area contributed by atoms with Crippen LogP contribution in [0.4, 0.5) is 23.7 Å². The molecule has 0 spiro atoms. The second-order valence-electron chi connectivity index (χ2n) is 10.7. The van der Waals surface area contributed by atoms with Crippen molar-refractivity contribution in [2.75, 3.05) is 25.0 Å². The van der Waals surface area contributed by atoms with Crippen LogP contribution in [0.1, 0.15) is 42.4 Å². The number of nitrogens with zero attached hydrogens (tertiary/aromatic N) is 5. The Hall–Kier alpha value is -4.49. The molecule has 5 rings (SSSR count). The molecule has 4 heterocycles. The number of nitrogens with one attached hydrogen (secondary N) is 2. The zero-order valence-corrected chi connectivity index (χ0v) is 21.7. The van der Waals surface area contributed by atoms with Crippen molar-refractivity contribution in [3.8, 4) is 0 Å². The number of hydrogen-bond donors (Lipinski definition) is 3. The fourth-order valence-corrected chi connectivity index (χ4v) is 4.64. The maximum absolute atomic E-state index is 13.7. The smallest absolute Gasteiger partial charge is 0.417 e. The van der Waals surface area contributed by atoms with Crippen molar-refractivity contribution in [2.24, 2.45) is 5.41 Å². The second kappa shape index (κ2) is 9.61. The van der Waals surface area contributed by atoms with Crippen molar-refractivity contribution in [2.45, 2.75) is 33.0 Å². The van der Waals surface area contributed by atoms with Gasteiger partial charge in [-0.3, -0.25) is 19.7 Å². The number of halogens is 3. The maximum atomic E-state index is 13.7. The van der Waals surface area contributed by atoms with E-state index in [-0.39, 0.29) is 31.0 Å². The summed E-state index contributed by atoms with van der Waals surface area (Å²) >= 11 is 0. The number of H-pyrrole nitrogens is 1. The Kier molecular flexibility index (Phi) is 6.51. The third kappa shape index (κ3) is 5.08. The molecule has 14 heteroatoms. The zero-order valence-electron chi connectivity index (χ0n) is 21.7. The van der Waals surface area contributed by atoms with E-state index in [1.165, 1.54) is 16.2 Å². The third-order valence-corrected chi connectivity index (χ3v) is 6.85. The molecule has 1 unspecified atom stereocenters. The summed E-state index contributed by atoms with van der Waals surface area (Å²) in [4.78, 5) is 44.8. The molecule has 2 aliphatic heterocycles. The third-order valence-electron chi connectivity index (χ3n) is 6.85. The van der Waals surface area contributed by atoms with Gasteiger partial charge in [-0.1, -0.05) is 26.0 Å². The highest BCUT2D eigenvalue weighted by Gasteiger charge is 2.42. The number of rotatable bonds is 4. The first-order valence-electron chi connectivity index (χ1n) is 12.3. The van der Waals surface area contributed by atoms with Gasteiger partial charge in [0.2, 0.25) is 5.91 Å². The summed E-state index contributed by atoms with van der Waals surface area (Å²) in [6.07, 6.45) is -3.69. The van der Waals surface area contributed by atoms with E-state index in [1.807, 2.05) is 0 Å². The van der Waals surface area contributed by atoms with Gasteiger partial charge in [-0.05, 0) is 35.4 Å². The monoisotopic (exact) mass is 556 g/mol. The molecule has 1 atom stereocenters. The van der Waals surface area contributed by atoms with Crippen LogP contribution >= 0.6 is 0 Å². The van der Waals surface area contributed by atoms with Crippen LogP contribution in [0.25, 0.3) is 11.0 Å². The first-order valence-corrected chi connectivity index (χ1v) is 12.3. The predicted octanol–water partition coefficient (Wildman–Crippen LogP) is 3.72. The average Bonchev–Trinajstić information content (AvgIpc) is 3.58. The first-order chi connectivity index (χ1) is 18.7. The number of fused-ring (bicyclic) bond motifs is 1. The van der Waals surface area contributed by atoms with Gasteiger partial charge < -0.3 is 20.2 Å². The molecular weight excluding hydrogens is 531 g/mol. The molecule has 0 saturated heterocycles. The largest absolute Gasteiger partial charge is 0.465 e. The Balaban J connectivity index is 1.52. The standard InChI is InChI=1S/C26H25F3N7O4/c1-25(2,3)23(38)31-19-7-15(26(27,28)29)9-30-18(19)8-21-16-12-35(24(39)40)10-14(16)11-36(21)22(37)13-4-5-17-20(6-13)33-34-32-17/h4-9,21H,10-12H2,1-3H3,(H,31,38)(H,39,40)(H,32,33,34). The molecule has 0 saturated carbocycles. The summed E-state index contributed by atoms with van der Waals surface area (Å²) in [6.45, 7) is 5.07. The van der Waals surface area contributed by atoms with Gasteiger partial charge in [0.1, 0.15) is 5.52 Å². The lowest BCUT2D eigenvalue weighted by molar-refractivity contribution is -0.137. The highest BCUT2D eigenvalue weighted by Crippen LogP contribution is 2.38. The number of carbonyl (C=O) groups excluding carboxylic acids is 2. The Morgan fingerprint density at radius 3 is 2.55 bits per heavy atom. The topological polar surface area (TPSA) is 144 Å². The van der Waals surface area contributed by atoms with E-state index in [0.717, 1.165) is 6.07 Å². The van der Waals surface area contributed by atoms with E-state index in [9.17, 15) is 32.7 Å². The quantitative estimate of drug-likeness (QED) is 0.416. The molecule has 3 aromatic rings. The van der Waals surface area contributed by atoms with Crippen molar-refractivity contribution < 1.29 is 32.7 Å². The number of hydrogen-bond acceptors (Lipinski definition) is 6. The van der Waals surface area contributed by atoms with Gasteiger partial charge >= 0.3 is 12.3 Å². The molecule has 2 aliphatic rings. The van der Waals surface area contributed by atoms with Gasteiger partial charge in [-0.25, -0.2) is 4.79 Å². The number of anilines is 1. The molecule has 0 fully saturated rings. The Labute approximate surface area is 226 Å². The number of carboxylic acid groups (broad SMARTS) is 1. The molecule has 0 aliphatic carbocycles. The highest BCUT2D eigenvalue weighted by molar-refractivity contribution is 5.98. The van der Waals surface area contributed by atoms with E-state index < -0.39 is 41.1 Å². The molecule has 1 aromatic carbocycles. The van der Waals surface area contributed by atoms with E-state index in [4.69, 9.17) is 0 Å². The molecule has 40 heavy (non-hydrogen) atoms. The predicted molar refractivity (Wildman–Crippen MR) is 136 cm³/mol. The van der Waals surface area contributed by atoms with Crippen LogP contribution in [0, 0.1) is 11.8 Å². The lowest BCUT2D eigenvalue weighted by Gasteiger charge is -2.30. The minimum absolute atomic E-state index is 0.0161. The van der Waals surface area contributed by atoms with Crippen LogP contribution in [0.15, 0.2) is 41.6 Å². The van der Waals surface area contributed by atoms with Crippen molar-refractivity contribution in [3.63, 3.8) is 0 Å². The van der Waals surface area contributed by atoms with E-state index in [2.05, 4.69) is 25.7 Å². The summed E-state index contributed by atoms with van der Waals surface area (Å²) in [5, 5.41) is 22.4. The minimum Gasteiger partial charge on any atom is -0.465 e. The Morgan fingerprint density at radius 1 is 1.12 bits per heavy atom. The van der Waals surface area contributed by atoms with Crippen LogP contribution < -0.4 is 5.32 Å². The number of carbonyl (C=O) groups is 3. The number of benzene rings is 1. The Morgan fingerprint density at radius 2 is 1.88 bits per heavy atom. The molecule has 0 bridgehead atoms. The van der Waals surface area contributed by atoms with Crippen LogP contribution in [0.2, 0.25) is 0 Å². The lowest BCUT2D eigenvalue weighted by atomic mass is 9.95. The average molecular weight is 557 g/mol.